The van der Waals surface area contributed by atoms with Gasteiger partial charge in [-0.05, 0) is 18.6 Å². The molecule has 2 heterocycles. The summed E-state index contributed by atoms with van der Waals surface area (Å²) in [5, 5.41) is 10.7. The predicted octanol–water partition coefficient (Wildman–Crippen LogP) is 1.29. The minimum atomic E-state index is -4.50. The highest BCUT2D eigenvalue weighted by atomic mass is 32.1. The van der Waals surface area contributed by atoms with Crippen LogP contribution in [0.2, 0.25) is 0 Å². The van der Waals surface area contributed by atoms with E-state index >= 15 is 0 Å². The fourth-order valence-electron chi connectivity index (χ4n) is 1.92. The van der Waals surface area contributed by atoms with Crippen molar-refractivity contribution in [1.82, 2.24) is 4.98 Å². The minimum absolute atomic E-state index is 0.131. The molecule has 0 aliphatic heterocycles. The van der Waals surface area contributed by atoms with Crippen molar-refractivity contribution in [2.75, 3.05) is 12.3 Å². The van der Waals surface area contributed by atoms with Gasteiger partial charge in [0.1, 0.15) is 11.5 Å². The average molecular weight is 317 g/mol. The maximum Gasteiger partial charge on any atom is 0.433 e. The number of nitrogens with zero attached hydrogens (tertiary/aromatic N) is 2. The van der Waals surface area contributed by atoms with E-state index in [4.69, 9.17) is 5.73 Å². The summed E-state index contributed by atoms with van der Waals surface area (Å²) in [6.45, 7) is 2.01. The summed E-state index contributed by atoms with van der Waals surface area (Å²) >= 11 is 1.45. The van der Waals surface area contributed by atoms with Crippen LogP contribution < -0.4 is 15.4 Å². The highest BCUT2D eigenvalue weighted by Crippen LogP contribution is 2.28. The van der Waals surface area contributed by atoms with Crippen molar-refractivity contribution >= 4 is 17.2 Å². The second kappa shape index (κ2) is 5.98. The molecule has 0 unspecified atom stereocenters. The van der Waals surface area contributed by atoms with Gasteiger partial charge >= 0.3 is 6.18 Å². The Bertz CT molecular complexity index is 640. The number of nitrogens with two attached hydrogens (primary N) is 1. The van der Waals surface area contributed by atoms with Gasteiger partial charge in [-0.15, -0.1) is 6.61 Å². The van der Waals surface area contributed by atoms with E-state index in [1.807, 2.05) is 17.0 Å². The molecule has 0 saturated carbocycles. The number of halogens is 3. The molecule has 4 nitrogen and oxygen atoms in total. The number of anilines is 1. The van der Waals surface area contributed by atoms with Gasteiger partial charge in [0.05, 0.1) is 10.4 Å². The highest BCUT2D eigenvalue weighted by molar-refractivity contribution is 7.09. The van der Waals surface area contributed by atoms with E-state index in [0.29, 0.717) is 18.5 Å². The number of pyridine rings is 1. The number of alkyl halides is 3. The highest BCUT2D eigenvalue weighted by Gasteiger charge is 2.33. The first kappa shape index (κ1) is 15.7. The number of hydrogen-bond donors (Lipinski definition) is 1. The quantitative estimate of drug-likeness (QED) is 0.864. The molecule has 0 aromatic carbocycles. The maximum absolute atomic E-state index is 12.5. The van der Waals surface area contributed by atoms with E-state index in [2.05, 4.69) is 4.98 Å². The fourth-order valence-corrected chi connectivity index (χ4v) is 2.90. The standard InChI is InChI=1S/C13H14F3N3OS/c1-8-10(4-5-20)21-7-19(8)6-9-2-3-11(13(14,15)16)18-12(9)17/h2-3,7H,4-6H2,1H3,(H2,17,18). The molecular formula is C13H14F3N3OS. The second-order valence-electron chi connectivity index (χ2n) is 4.55. The van der Waals surface area contributed by atoms with E-state index in [9.17, 15) is 18.3 Å². The van der Waals surface area contributed by atoms with Crippen molar-refractivity contribution in [3.8, 4) is 0 Å². The molecule has 0 spiro atoms. The number of aromatic nitrogens is 2. The van der Waals surface area contributed by atoms with E-state index in [-0.39, 0.29) is 12.4 Å². The second-order valence-corrected chi connectivity index (χ2v) is 5.49. The zero-order chi connectivity index (χ0) is 15.6. The van der Waals surface area contributed by atoms with Crippen LogP contribution in [0.4, 0.5) is 19.0 Å². The summed E-state index contributed by atoms with van der Waals surface area (Å²) < 4.78 is 39.4. The number of nitrogen functional groups attached to an aromatic ring is 1. The van der Waals surface area contributed by atoms with Crippen LogP contribution in [-0.4, -0.2) is 11.6 Å². The van der Waals surface area contributed by atoms with Crippen molar-refractivity contribution in [3.63, 3.8) is 0 Å². The van der Waals surface area contributed by atoms with Crippen LogP contribution >= 0.6 is 11.3 Å². The normalized spacial score (nSPS) is 11.9. The van der Waals surface area contributed by atoms with Gasteiger partial charge < -0.3 is 10.8 Å². The van der Waals surface area contributed by atoms with Crippen molar-refractivity contribution in [1.29, 1.82) is 0 Å². The third-order valence-corrected chi connectivity index (χ3v) is 4.27. The zero-order valence-electron chi connectivity index (χ0n) is 11.3. The van der Waals surface area contributed by atoms with E-state index in [0.717, 1.165) is 16.6 Å². The Balaban J connectivity index is 2.24. The Labute approximate surface area is 123 Å². The van der Waals surface area contributed by atoms with Gasteiger partial charge in [0, 0.05) is 6.92 Å². The van der Waals surface area contributed by atoms with Gasteiger partial charge in [-0.2, -0.15) is 17.7 Å². The topological polar surface area (TPSA) is 65.8 Å². The summed E-state index contributed by atoms with van der Waals surface area (Å²) in [4.78, 5) is 4.38. The minimum Gasteiger partial charge on any atom is -0.854 e. The van der Waals surface area contributed by atoms with Crippen LogP contribution in [0, 0.1) is 6.92 Å². The lowest BCUT2D eigenvalue weighted by molar-refractivity contribution is -0.689. The molecule has 2 aromatic heterocycles. The zero-order valence-corrected chi connectivity index (χ0v) is 12.1. The predicted molar refractivity (Wildman–Crippen MR) is 70.6 cm³/mol. The van der Waals surface area contributed by atoms with Crippen molar-refractivity contribution in [2.24, 2.45) is 0 Å². The lowest BCUT2D eigenvalue weighted by Gasteiger charge is -2.08. The Kier molecular flexibility index (Phi) is 4.48. The molecule has 0 fully saturated rings. The Morgan fingerprint density at radius 2 is 2.10 bits per heavy atom. The summed E-state index contributed by atoms with van der Waals surface area (Å²) in [6, 6.07) is 2.26. The molecule has 0 aliphatic rings. The third kappa shape index (κ3) is 3.51. The number of hydrogen-bond acceptors (Lipinski definition) is 4. The van der Waals surface area contributed by atoms with Crippen LogP contribution in [0.1, 0.15) is 21.8 Å². The maximum atomic E-state index is 12.5. The number of rotatable bonds is 4. The van der Waals surface area contributed by atoms with Crippen LogP contribution in [0.25, 0.3) is 0 Å². The van der Waals surface area contributed by atoms with Crippen molar-refractivity contribution in [3.05, 3.63) is 39.5 Å². The van der Waals surface area contributed by atoms with Crippen molar-refractivity contribution < 1.29 is 22.8 Å². The molecule has 21 heavy (non-hydrogen) atoms. The average Bonchev–Trinajstić information content (AvgIpc) is 2.73. The lowest BCUT2D eigenvalue weighted by Crippen LogP contribution is -2.35. The molecule has 0 saturated heterocycles. The molecule has 0 bridgehead atoms. The molecule has 114 valence electrons. The Hall–Kier alpha value is -1.67. The summed E-state index contributed by atoms with van der Waals surface area (Å²) in [5.41, 5.74) is 7.89. The van der Waals surface area contributed by atoms with Crippen molar-refractivity contribution in [2.45, 2.75) is 26.1 Å². The Morgan fingerprint density at radius 3 is 2.67 bits per heavy atom. The fraction of sp³-hybridized carbons (Fsp3) is 0.385. The first-order chi connectivity index (χ1) is 9.82. The molecule has 0 radical (unpaired) electrons. The first-order valence-electron chi connectivity index (χ1n) is 6.20. The van der Waals surface area contributed by atoms with Gasteiger partial charge in [0.2, 0.25) is 5.51 Å². The van der Waals surface area contributed by atoms with E-state index < -0.39 is 11.9 Å². The van der Waals surface area contributed by atoms with Crippen LogP contribution in [0.5, 0.6) is 0 Å². The first-order valence-corrected chi connectivity index (χ1v) is 7.08. The smallest absolute Gasteiger partial charge is 0.433 e. The number of thiazole rings is 1. The van der Waals surface area contributed by atoms with E-state index in [1.165, 1.54) is 17.4 Å². The van der Waals surface area contributed by atoms with Crippen LogP contribution in [0.3, 0.4) is 0 Å². The van der Waals surface area contributed by atoms with Gasteiger partial charge in [-0.25, -0.2) is 4.98 Å². The third-order valence-electron chi connectivity index (χ3n) is 3.13. The van der Waals surface area contributed by atoms with Crippen LogP contribution in [0.15, 0.2) is 17.6 Å². The molecule has 2 rings (SSSR count). The largest absolute Gasteiger partial charge is 0.854 e. The molecule has 2 aromatic rings. The molecule has 0 aliphatic carbocycles. The van der Waals surface area contributed by atoms with Crippen LogP contribution in [-0.2, 0) is 19.1 Å². The Morgan fingerprint density at radius 1 is 1.38 bits per heavy atom. The van der Waals surface area contributed by atoms with Gasteiger partial charge in [0.25, 0.3) is 0 Å². The lowest BCUT2D eigenvalue weighted by atomic mass is 10.2. The van der Waals surface area contributed by atoms with Gasteiger partial charge in [-0.1, -0.05) is 11.3 Å². The summed E-state index contributed by atoms with van der Waals surface area (Å²) in [6.07, 6.45) is -4.05. The van der Waals surface area contributed by atoms with Gasteiger partial charge in [0.15, 0.2) is 12.2 Å². The molecule has 8 heteroatoms. The monoisotopic (exact) mass is 317 g/mol. The SMILES string of the molecule is Cc1c(CC[O-])sc[n+]1Cc1ccc(C(F)(F)F)nc1N. The molecule has 0 atom stereocenters. The van der Waals surface area contributed by atoms with Gasteiger partial charge in [-0.3, -0.25) is 0 Å². The summed E-state index contributed by atoms with van der Waals surface area (Å²) in [7, 11) is 0. The molecule has 2 N–H and O–H groups in total. The van der Waals surface area contributed by atoms with E-state index in [1.54, 1.807) is 0 Å². The molecule has 0 amide bonds. The summed E-state index contributed by atoms with van der Waals surface area (Å²) in [5.74, 6) is -0.131. The molecular weight excluding hydrogens is 303 g/mol.